The topological polar surface area (TPSA) is 24.5 Å². The van der Waals surface area contributed by atoms with Gasteiger partial charge in [-0.25, -0.2) is 0 Å². The van der Waals surface area contributed by atoms with Crippen molar-refractivity contribution in [3.05, 3.63) is 29.3 Å². The largest absolute Gasteiger partial charge is 0.491 e. The minimum absolute atomic E-state index is 0.106. The molecule has 22 heavy (non-hydrogen) atoms. The predicted molar refractivity (Wildman–Crippen MR) is 93.9 cm³/mol. The van der Waals surface area contributed by atoms with E-state index in [1.165, 1.54) is 24.2 Å². The standard InChI is InChI=1S/C19H32N2O/c1-15(2)22-18-7-6-16(14-17(18)19(3,4)5)8-11-21-12-9-20-10-13-21/h6-7,14-15,20H,8-13H2,1-5H3. The summed E-state index contributed by atoms with van der Waals surface area (Å²) in [6, 6.07) is 6.74. The van der Waals surface area contributed by atoms with Crippen LogP contribution in [0.3, 0.4) is 0 Å². The molecule has 1 heterocycles. The maximum atomic E-state index is 6.00. The SMILES string of the molecule is CC(C)Oc1ccc(CCN2CCNCC2)cc1C(C)(C)C. The van der Waals surface area contributed by atoms with Gasteiger partial charge in [-0.2, -0.15) is 0 Å². The summed E-state index contributed by atoms with van der Waals surface area (Å²) in [5, 5.41) is 3.41. The normalized spacial score (nSPS) is 17.0. The molecular formula is C19H32N2O. The van der Waals surface area contributed by atoms with Crippen molar-refractivity contribution in [2.24, 2.45) is 0 Å². The Kier molecular flexibility index (Phi) is 5.87. The molecule has 0 aliphatic carbocycles. The molecule has 0 unspecified atom stereocenters. The summed E-state index contributed by atoms with van der Waals surface area (Å²) < 4.78 is 6.00. The van der Waals surface area contributed by atoms with Gasteiger partial charge in [0.2, 0.25) is 0 Å². The van der Waals surface area contributed by atoms with Gasteiger partial charge in [0.1, 0.15) is 5.75 Å². The first kappa shape index (κ1) is 17.3. The maximum Gasteiger partial charge on any atom is 0.123 e. The van der Waals surface area contributed by atoms with Crippen molar-refractivity contribution in [1.29, 1.82) is 0 Å². The van der Waals surface area contributed by atoms with Gasteiger partial charge in [0.05, 0.1) is 6.10 Å². The Hall–Kier alpha value is -1.06. The number of rotatable bonds is 5. The van der Waals surface area contributed by atoms with E-state index in [0.717, 1.165) is 31.8 Å². The Bertz CT molecular complexity index is 471. The quantitative estimate of drug-likeness (QED) is 0.904. The molecule has 1 N–H and O–H groups in total. The van der Waals surface area contributed by atoms with Gasteiger partial charge in [0.25, 0.3) is 0 Å². The molecule has 0 atom stereocenters. The zero-order chi connectivity index (χ0) is 16.2. The van der Waals surface area contributed by atoms with E-state index in [9.17, 15) is 0 Å². The molecular weight excluding hydrogens is 272 g/mol. The van der Waals surface area contributed by atoms with Crippen LogP contribution in [0.2, 0.25) is 0 Å². The first-order valence-corrected chi connectivity index (χ1v) is 8.59. The molecule has 0 aromatic heterocycles. The Balaban J connectivity index is 2.08. The smallest absolute Gasteiger partial charge is 0.123 e. The fourth-order valence-electron chi connectivity index (χ4n) is 2.90. The number of piperazine rings is 1. The highest BCUT2D eigenvalue weighted by atomic mass is 16.5. The van der Waals surface area contributed by atoms with E-state index < -0.39 is 0 Å². The van der Waals surface area contributed by atoms with E-state index in [1.807, 2.05) is 0 Å². The van der Waals surface area contributed by atoms with Crippen LogP contribution in [-0.2, 0) is 11.8 Å². The molecule has 124 valence electrons. The van der Waals surface area contributed by atoms with Crippen molar-refractivity contribution in [3.8, 4) is 5.75 Å². The number of nitrogens with one attached hydrogen (secondary N) is 1. The molecule has 1 fully saturated rings. The van der Waals surface area contributed by atoms with Gasteiger partial charge in [0.15, 0.2) is 0 Å². The second-order valence-corrected chi connectivity index (χ2v) is 7.59. The van der Waals surface area contributed by atoms with Crippen LogP contribution in [0.4, 0.5) is 0 Å². The summed E-state index contributed by atoms with van der Waals surface area (Å²) in [5.74, 6) is 1.04. The molecule has 0 bridgehead atoms. The van der Waals surface area contributed by atoms with E-state index >= 15 is 0 Å². The first-order valence-electron chi connectivity index (χ1n) is 8.59. The highest BCUT2D eigenvalue weighted by Crippen LogP contribution is 2.33. The molecule has 1 aromatic rings. The molecule has 0 radical (unpaired) electrons. The van der Waals surface area contributed by atoms with E-state index in [0.29, 0.717) is 0 Å². The summed E-state index contributed by atoms with van der Waals surface area (Å²) in [7, 11) is 0. The molecule has 1 aliphatic rings. The minimum Gasteiger partial charge on any atom is -0.491 e. The van der Waals surface area contributed by atoms with Crippen LogP contribution in [0.15, 0.2) is 18.2 Å². The lowest BCUT2D eigenvalue weighted by Gasteiger charge is -2.28. The first-order chi connectivity index (χ1) is 10.4. The van der Waals surface area contributed by atoms with E-state index in [2.05, 4.69) is 63.0 Å². The minimum atomic E-state index is 0.106. The Morgan fingerprint density at radius 1 is 1.18 bits per heavy atom. The molecule has 1 aliphatic heterocycles. The number of benzene rings is 1. The number of hydrogen-bond acceptors (Lipinski definition) is 3. The van der Waals surface area contributed by atoms with Gasteiger partial charge in [-0.1, -0.05) is 32.9 Å². The van der Waals surface area contributed by atoms with Crippen molar-refractivity contribution in [3.63, 3.8) is 0 Å². The number of ether oxygens (including phenoxy) is 1. The molecule has 3 heteroatoms. The Morgan fingerprint density at radius 3 is 2.45 bits per heavy atom. The van der Waals surface area contributed by atoms with E-state index in [4.69, 9.17) is 4.74 Å². The van der Waals surface area contributed by atoms with Crippen LogP contribution in [0.5, 0.6) is 5.75 Å². The maximum absolute atomic E-state index is 6.00. The molecule has 0 saturated carbocycles. The number of nitrogens with zero attached hydrogens (tertiary/aromatic N) is 1. The second kappa shape index (κ2) is 7.47. The lowest BCUT2D eigenvalue weighted by Crippen LogP contribution is -2.44. The molecule has 1 aromatic carbocycles. The van der Waals surface area contributed by atoms with Crippen molar-refractivity contribution in [2.45, 2.75) is 52.6 Å². The van der Waals surface area contributed by atoms with Gasteiger partial charge in [-0.3, -0.25) is 0 Å². The van der Waals surface area contributed by atoms with Crippen molar-refractivity contribution < 1.29 is 4.74 Å². The van der Waals surface area contributed by atoms with Gasteiger partial charge >= 0.3 is 0 Å². The fourth-order valence-corrected chi connectivity index (χ4v) is 2.90. The molecule has 3 nitrogen and oxygen atoms in total. The molecule has 0 spiro atoms. The summed E-state index contributed by atoms with van der Waals surface area (Å²) in [4.78, 5) is 2.55. The van der Waals surface area contributed by atoms with Crippen LogP contribution >= 0.6 is 0 Å². The Labute approximate surface area is 136 Å². The zero-order valence-corrected chi connectivity index (χ0v) is 14.9. The average Bonchev–Trinajstić information content (AvgIpc) is 2.45. The molecule has 0 amide bonds. The Morgan fingerprint density at radius 2 is 1.86 bits per heavy atom. The average molecular weight is 304 g/mol. The third kappa shape index (κ3) is 4.99. The highest BCUT2D eigenvalue weighted by molar-refractivity contribution is 5.42. The highest BCUT2D eigenvalue weighted by Gasteiger charge is 2.20. The van der Waals surface area contributed by atoms with Gasteiger partial charge in [-0.05, 0) is 42.9 Å². The van der Waals surface area contributed by atoms with Crippen LogP contribution in [0.1, 0.15) is 45.7 Å². The van der Waals surface area contributed by atoms with E-state index in [-0.39, 0.29) is 11.5 Å². The summed E-state index contributed by atoms with van der Waals surface area (Å²) in [6.07, 6.45) is 1.33. The second-order valence-electron chi connectivity index (χ2n) is 7.59. The third-order valence-electron chi connectivity index (χ3n) is 4.14. The van der Waals surface area contributed by atoms with Crippen LogP contribution in [0.25, 0.3) is 0 Å². The van der Waals surface area contributed by atoms with E-state index in [1.54, 1.807) is 0 Å². The van der Waals surface area contributed by atoms with Crippen LogP contribution in [0, 0.1) is 0 Å². The zero-order valence-electron chi connectivity index (χ0n) is 14.9. The van der Waals surface area contributed by atoms with Crippen molar-refractivity contribution in [1.82, 2.24) is 10.2 Å². The fraction of sp³-hybridized carbons (Fsp3) is 0.684. The monoisotopic (exact) mass is 304 g/mol. The molecule has 2 rings (SSSR count). The van der Waals surface area contributed by atoms with Crippen molar-refractivity contribution in [2.75, 3.05) is 32.7 Å². The van der Waals surface area contributed by atoms with Gasteiger partial charge in [0, 0.05) is 32.7 Å². The molecule has 1 saturated heterocycles. The van der Waals surface area contributed by atoms with Crippen LogP contribution in [-0.4, -0.2) is 43.7 Å². The predicted octanol–water partition coefficient (Wildman–Crippen LogP) is 3.22. The van der Waals surface area contributed by atoms with Crippen molar-refractivity contribution >= 4 is 0 Å². The lowest BCUT2D eigenvalue weighted by atomic mass is 9.85. The third-order valence-corrected chi connectivity index (χ3v) is 4.14. The summed E-state index contributed by atoms with van der Waals surface area (Å²) in [6.45, 7) is 16.7. The number of hydrogen-bond donors (Lipinski definition) is 1. The summed E-state index contributed by atoms with van der Waals surface area (Å²) >= 11 is 0. The van der Waals surface area contributed by atoms with Gasteiger partial charge < -0.3 is 15.0 Å². The summed E-state index contributed by atoms with van der Waals surface area (Å²) in [5.41, 5.74) is 2.84. The van der Waals surface area contributed by atoms with Gasteiger partial charge in [-0.15, -0.1) is 0 Å². The van der Waals surface area contributed by atoms with Crippen LogP contribution < -0.4 is 10.1 Å². The lowest BCUT2D eigenvalue weighted by molar-refractivity contribution is 0.236.